The Labute approximate surface area is 159 Å². The van der Waals surface area contributed by atoms with Crippen LogP contribution in [0.15, 0.2) is 42.7 Å². The van der Waals surface area contributed by atoms with Crippen molar-refractivity contribution in [2.45, 2.75) is 39.0 Å². The molecule has 0 aliphatic carbocycles. The highest BCUT2D eigenvalue weighted by Gasteiger charge is 2.12. The Morgan fingerprint density at radius 3 is 2.48 bits per heavy atom. The predicted molar refractivity (Wildman–Crippen MR) is 103 cm³/mol. The van der Waals surface area contributed by atoms with Crippen molar-refractivity contribution in [2.75, 3.05) is 18.1 Å². The number of aliphatic carboxylic acids is 1. The topological polar surface area (TPSA) is 122 Å². The summed E-state index contributed by atoms with van der Waals surface area (Å²) in [4.78, 5) is 21.5. The fourth-order valence-corrected chi connectivity index (χ4v) is 2.56. The summed E-state index contributed by atoms with van der Waals surface area (Å²) in [6.45, 7) is 3.33. The largest absolute Gasteiger partial charge is 0.494 e. The summed E-state index contributed by atoms with van der Waals surface area (Å²) in [6.07, 6.45) is 7.29. The number of pyridine rings is 2. The van der Waals surface area contributed by atoms with Gasteiger partial charge in [-0.1, -0.05) is 18.9 Å². The van der Waals surface area contributed by atoms with E-state index in [0.717, 1.165) is 49.6 Å². The number of nitrogens with two attached hydrogens (primary N) is 1. The first kappa shape index (κ1) is 22.3. The quantitative estimate of drug-likeness (QED) is 0.403. The summed E-state index contributed by atoms with van der Waals surface area (Å²) >= 11 is 0. The molecule has 27 heavy (non-hydrogen) atoms. The molecule has 0 fully saturated rings. The number of anilines is 2. The smallest absolute Gasteiger partial charge is 0.303 e. The van der Waals surface area contributed by atoms with Crippen LogP contribution in [-0.2, 0) is 4.79 Å². The average molecular weight is 376 g/mol. The van der Waals surface area contributed by atoms with Crippen LogP contribution in [0.1, 0.15) is 39.0 Å². The van der Waals surface area contributed by atoms with Gasteiger partial charge in [-0.25, -0.2) is 15.9 Å². The van der Waals surface area contributed by atoms with Crippen molar-refractivity contribution in [2.24, 2.45) is 5.90 Å². The van der Waals surface area contributed by atoms with Crippen LogP contribution in [0.5, 0.6) is 5.75 Å². The van der Waals surface area contributed by atoms with E-state index in [9.17, 15) is 4.79 Å². The van der Waals surface area contributed by atoms with E-state index in [1.807, 2.05) is 37.3 Å². The molecule has 0 unspecified atom stereocenters. The van der Waals surface area contributed by atoms with Gasteiger partial charge in [0.2, 0.25) is 0 Å². The number of nitrogens with zero attached hydrogens (tertiary/aromatic N) is 3. The summed E-state index contributed by atoms with van der Waals surface area (Å²) in [5.74, 6) is 5.20. The zero-order valence-corrected chi connectivity index (χ0v) is 15.6. The highest BCUT2D eigenvalue weighted by Crippen LogP contribution is 2.25. The lowest BCUT2D eigenvalue weighted by molar-refractivity contribution is -0.137. The second-order valence-electron chi connectivity index (χ2n) is 5.68. The van der Waals surface area contributed by atoms with E-state index in [4.69, 9.17) is 15.1 Å². The molecule has 0 amide bonds. The van der Waals surface area contributed by atoms with Gasteiger partial charge >= 0.3 is 5.97 Å². The van der Waals surface area contributed by atoms with Crippen LogP contribution in [0.3, 0.4) is 0 Å². The van der Waals surface area contributed by atoms with Crippen molar-refractivity contribution < 1.29 is 19.8 Å². The van der Waals surface area contributed by atoms with E-state index in [2.05, 4.69) is 20.8 Å². The Balaban J connectivity index is 0.00000176. The van der Waals surface area contributed by atoms with Crippen LogP contribution in [-0.4, -0.2) is 39.4 Å². The standard InChI is InChI=1S/C19H25N3O3.H3NO/c1-2-25-16-11-13-21-18(15-16)22(17-9-6-7-12-20-17)14-8-4-3-5-10-19(23)24;1-2/h6-7,9,11-13,15H,2-5,8,10,14H2,1H3,(H,23,24);2H,1H2. The Morgan fingerprint density at radius 1 is 1.07 bits per heavy atom. The number of hydrogen-bond donors (Lipinski definition) is 3. The van der Waals surface area contributed by atoms with Gasteiger partial charge in [-0.15, -0.1) is 0 Å². The summed E-state index contributed by atoms with van der Waals surface area (Å²) < 4.78 is 5.57. The monoisotopic (exact) mass is 376 g/mol. The molecule has 0 atom stereocenters. The lowest BCUT2D eigenvalue weighted by Crippen LogP contribution is -2.20. The van der Waals surface area contributed by atoms with Crippen molar-refractivity contribution in [1.29, 1.82) is 0 Å². The van der Waals surface area contributed by atoms with Crippen molar-refractivity contribution >= 4 is 17.6 Å². The molecule has 0 aliphatic heterocycles. The first-order chi connectivity index (χ1) is 13.2. The predicted octanol–water partition coefficient (Wildman–Crippen LogP) is 3.38. The van der Waals surface area contributed by atoms with E-state index in [1.165, 1.54) is 0 Å². The highest BCUT2D eigenvalue weighted by molar-refractivity contribution is 5.66. The second-order valence-corrected chi connectivity index (χ2v) is 5.68. The van der Waals surface area contributed by atoms with Crippen molar-refractivity contribution in [3.63, 3.8) is 0 Å². The first-order valence-electron chi connectivity index (χ1n) is 8.95. The number of carboxylic acids is 1. The molecule has 2 aromatic heterocycles. The van der Waals surface area contributed by atoms with Crippen molar-refractivity contribution in [3.05, 3.63) is 42.7 Å². The van der Waals surface area contributed by atoms with Gasteiger partial charge in [0.25, 0.3) is 0 Å². The molecule has 2 aromatic rings. The number of carboxylic acid groups (broad SMARTS) is 1. The molecular weight excluding hydrogens is 348 g/mol. The summed E-state index contributed by atoms with van der Waals surface area (Å²) in [7, 11) is 0. The molecule has 2 rings (SSSR count). The average Bonchev–Trinajstić information content (AvgIpc) is 2.70. The van der Waals surface area contributed by atoms with Crippen LogP contribution >= 0.6 is 0 Å². The van der Waals surface area contributed by atoms with E-state index in [-0.39, 0.29) is 6.42 Å². The third-order valence-electron chi connectivity index (χ3n) is 3.75. The maximum Gasteiger partial charge on any atom is 0.303 e. The van der Waals surface area contributed by atoms with Crippen molar-refractivity contribution in [3.8, 4) is 5.75 Å². The number of hydrogen-bond acceptors (Lipinski definition) is 7. The Hall–Kier alpha value is -2.71. The first-order valence-corrected chi connectivity index (χ1v) is 8.95. The minimum Gasteiger partial charge on any atom is -0.494 e. The number of unbranched alkanes of at least 4 members (excludes halogenated alkanes) is 3. The number of carbonyl (C=O) groups is 1. The zero-order chi connectivity index (χ0) is 19.9. The number of aromatic nitrogens is 2. The molecule has 0 aromatic carbocycles. The van der Waals surface area contributed by atoms with Crippen LogP contribution in [0.25, 0.3) is 0 Å². The molecular formula is C19H28N4O4. The Kier molecular flexibility index (Phi) is 11.2. The van der Waals surface area contributed by atoms with Gasteiger partial charge in [-0.3, -0.25) is 4.79 Å². The summed E-state index contributed by atoms with van der Waals surface area (Å²) in [5.41, 5.74) is 0. The molecule has 8 nitrogen and oxygen atoms in total. The molecule has 0 radical (unpaired) electrons. The normalized spacial score (nSPS) is 9.89. The molecule has 0 saturated carbocycles. The maximum absolute atomic E-state index is 10.6. The molecule has 2 heterocycles. The minimum atomic E-state index is -0.730. The third kappa shape index (κ3) is 8.48. The van der Waals surface area contributed by atoms with Gasteiger partial charge in [-0.2, -0.15) is 0 Å². The van der Waals surface area contributed by atoms with Gasteiger partial charge in [0, 0.05) is 31.4 Å². The highest BCUT2D eigenvalue weighted by atomic mass is 16.5. The van der Waals surface area contributed by atoms with Crippen LogP contribution in [0.2, 0.25) is 0 Å². The molecule has 4 N–H and O–H groups in total. The summed E-state index contributed by atoms with van der Waals surface area (Å²) in [6, 6.07) is 9.56. The fraction of sp³-hybridized carbons (Fsp3) is 0.421. The Morgan fingerprint density at radius 2 is 1.81 bits per heavy atom. The lowest BCUT2D eigenvalue weighted by Gasteiger charge is -2.23. The van der Waals surface area contributed by atoms with Crippen molar-refractivity contribution in [1.82, 2.24) is 9.97 Å². The van der Waals surface area contributed by atoms with E-state index in [1.54, 1.807) is 12.4 Å². The molecule has 0 bridgehead atoms. The Bertz CT molecular complexity index is 655. The van der Waals surface area contributed by atoms with Gasteiger partial charge in [-0.05, 0) is 38.0 Å². The third-order valence-corrected chi connectivity index (χ3v) is 3.75. The second kappa shape index (κ2) is 13.5. The zero-order valence-electron chi connectivity index (χ0n) is 15.6. The molecule has 8 heteroatoms. The number of rotatable bonds is 11. The van der Waals surface area contributed by atoms with Crippen LogP contribution in [0, 0.1) is 0 Å². The van der Waals surface area contributed by atoms with Crippen LogP contribution < -0.4 is 15.5 Å². The van der Waals surface area contributed by atoms with Gasteiger partial charge in [0.1, 0.15) is 17.4 Å². The minimum absolute atomic E-state index is 0.238. The van der Waals surface area contributed by atoms with Gasteiger partial charge in [0.15, 0.2) is 0 Å². The van der Waals surface area contributed by atoms with E-state index in [0.29, 0.717) is 6.61 Å². The van der Waals surface area contributed by atoms with Gasteiger partial charge < -0.3 is 20.0 Å². The maximum atomic E-state index is 10.6. The lowest BCUT2D eigenvalue weighted by atomic mass is 10.1. The molecule has 0 saturated heterocycles. The van der Waals surface area contributed by atoms with Gasteiger partial charge in [0.05, 0.1) is 6.61 Å². The molecule has 0 spiro atoms. The summed E-state index contributed by atoms with van der Waals surface area (Å²) in [5, 5.41) is 15.2. The SMILES string of the molecule is CCOc1ccnc(N(CCCCCCC(=O)O)c2ccccn2)c1.NO. The van der Waals surface area contributed by atoms with Crippen LogP contribution in [0.4, 0.5) is 11.6 Å². The fourth-order valence-electron chi connectivity index (χ4n) is 2.56. The molecule has 0 aliphatic rings. The molecule has 148 valence electrons. The van der Waals surface area contributed by atoms with E-state index < -0.39 is 5.97 Å². The van der Waals surface area contributed by atoms with E-state index >= 15 is 0 Å². The number of ether oxygens (including phenoxy) is 1.